The van der Waals surface area contributed by atoms with Crippen LogP contribution in [0.2, 0.25) is 0 Å². The van der Waals surface area contributed by atoms with Gasteiger partial charge in [-0.3, -0.25) is 4.98 Å². The lowest BCUT2D eigenvalue weighted by atomic mass is 10.1. The molecule has 1 aromatic carbocycles. The second kappa shape index (κ2) is 6.20. The van der Waals surface area contributed by atoms with Crippen LogP contribution in [0.15, 0.2) is 42.7 Å². The number of hydrogen-bond acceptors (Lipinski definition) is 4. The van der Waals surface area contributed by atoms with Gasteiger partial charge in [-0.25, -0.2) is 0 Å². The van der Waals surface area contributed by atoms with Crippen LogP contribution in [0.3, 0.4) is 0 Å². The first kappa shape index (κ1) is 13.4. The fraction of sp³-hybridized carbons (Fsp3) is 0.267. The third-order valence-corrected chi connectivity index (χ3v) is 3.10. The van der Waals surface area contributed by atoms with Gasteiger partial charge in [0.15, 0.2) is 0 Å². The van der Waals surface area contributed by atoms with Crippen molar-refractivity contribution >= 4 is 0 Å². The molecule has 1 atom stereocenters. The van der Waals surface area contributed by atoms with Gasteiger partial charge >= 0.3 is 0 Å². The number of phenolic OH excluding ortho intramolecular Hbond substituents is 1. The van der Waals surface area contributed by atoms with Crippen molar-refractivity contribution in [3.05, 3.63) is 53.9 Å². The fourth-order valence-electron chi connectivity index (χ4n) is 1.85. The number of nitrogens with zero attached hydrogens (tertiary/aromatic N) is 1. The fourth-order valence-corrected chi connectivity index (χ4v) is 1.85. The highest BCUT2D eigenvalue weighted by molar-refractivity contribution is 5.39. The molecular weight excluding hydrogens is 240 g/mol. The van der Waals surface area contributed by atoms with Crippen LogP contribution in [0.1, 0.15) is 24.1 Å². The van der Waals surface area contributed by atoms with Crippen molar-refractivity contribution in [1.82, 2.24) is 10.3 Å². The summed E-state index contributed by atoms with van der Waals surface area (Å²) in [5, 5.41) is 13.2. The summed E-state index contributed by atoms with van der Waals surface area (Å²) in [5.41, 5.74) is 2.02. The van der Waals surface area contributed by atoms with Crippen LogP contribution >= 0.6 is 0 Å². The number of phenols is 1. The second-order valence-electron chi connectivity index (χ2n) is 4.38. The van der Waals surface area contributed by atoms with Crippen molar-refractivity contribution in [1.29, 1.82) is 0 Å². The van der Waals surface area contributed by atoms with Gasteiger partial charge in [0.1, 0.15) is 11.5 Å². The summed E-state index contributed by atoms with van der Waals surface area (Å²) in [6, 6.07) is 9.48. The van der Waals surface area contributed by atoms with E-state index in [0.29, 0.717) is 12.3 Å². The lowest BCUT2D eigenvalue weighted by molar-refractivity contribution is 0.405. The molecule has 1 heterocycles. The van der Waals surface area contributed by atoms with Gasteiger partial charge in [0.25, 0.3) is 0 Å². The second-order valence-corrected chi connectivity index (χ2v) is 4.38. The Hall–Kier alpha value is -2.07. The average Bonchev–Trinajstić information content (AvgIpc) is 2.46. The zero-order chi connectivity index (χ0) is 13.7. The first-order chi connectivity index (χ1) is 9.20. The standard InChI is InChI=1S/C15H18N2O2/c1-11(12-5-7-16-8-6-12)17-10-13-3-4-14(19-2)9-15(13)18/h3-9,11,17-18H,10H2,1-2H3/t11-/m0/s1. The SMILES string of the molecule is COc1ccc(CN[C@@H](C)c2ccncc2)c(O)c1. The molecule has 0 amide bonds. The van der Waals surface area contributed by atoms with Crippen molar-refractivity contribution in [2.45, 2.75) is 19.5 Å². The topological polar surface area (TPSA) is 54.4 Å². The number of nitrogens with one attached hydrogen (secondary N) is 1. The van der Waals surface area contributed by atoms with E-state index in [4.69, 9.17) is 4.74 Å². The largest absolute Gasteiger partial charge is 0.507 e. The number of aromatic nitrogens is 1. The monoisotopic (exact) mass is 258 g/mol. The highest BCUT2D eigenvalue weighted by Gasteiger charge is 2.07. The van der Waals surface area contributed by atoms with Crippen LogP contribution in [-0.4, -0.2) is 17.2 Å². The molecule has 100 valence electrons. The van der Waals surface area contributed by atoms with E-state index in [2.05, 4.69) is 17.2 Å². The van der Waals surface area contributed by atoms with Gasteiger partial charge in [-0.1, -0.05) is 6.07 Å². The molecule has 0 aliphatic heterocycles. The predicted octanol–water partition coefficient (Wildman–Crippen LogP) is 2.65. The molecule has 0 aliphatic rings. The summed E-state index contributed by atoms with van der Waals surface area (Å²) in [5.74, 6) is 0.900. The molecule has 1 aromatic heterocycles. The zero-order valence-electron chi connectivity index (χ0n) is 11.1. The van der Waals surface area contributed by atoms with Gasteiger partial charge in [0.2, 0.25) is 0 Å². The van der Waals surface area contributed by atoms with E-state index >= 15 is 0 Å². The first-order valence-electron chi connectivity index (χ1n) is 6.20. The van der Waals surface area contributed by atoms with Crippen molar-refractivity contribution < 1.29 is 9.84 Å². The van der Waals surface area contributed by atoms with Crippen LogP contribution in [0.25, 0.3) is 0 Å². The lowest BCUT2D eigenvalue weighted by Gasteiger charge is -2.15. The molecular formula is C15H18N2O2. The molecule has 0 saturated carbocycles. The van der Waals surface area contributed by atoms with Crippen molar-refractivity contribution in [2.75, 3.05) is 7.11 Å². The van der Waals surface area contributed by atoms with Gasteiger partial charge in [0, 0.05) is 36.6 Å². The van der Waals surface area contributed by atoms with Crippen LogP contribution in [-0.2, 0) is 6.54 Å². The van der Waals surface area contributed by atoms with Crippen LogP contribution in [0, 0.1) is 0 Å². The van der Waals surface area contributed by atoms with E-state index in [0.717, 1.165) is 5.56 Å². The summed E-state index contributed by atoms with van der Waals surface area (Å²) in [6.07, 6.45) is 3.55. The number of pyridine rings is 1. The third-order valence-electron chi connectivity index (χ3n) is 3.10. The van der Waals surface area contributed by atoms with E-state index < -0.39 is 0 Å². The molecule has 19 heavy (non-hydrogen) atoms. The average molecular weight is 258 g/mol. The van der Waals surface area contributed by atoms with Crippen LogP contribution in [0.5, 0.6) is 11.5 Å². The summed E-state index contributed by atoms with van der Waals surface area (Å²) in [6.45, 7) is 2.68. The Morgan fingerprint density at radius 2 is 2.00 bits per heavy atom. The number of hydrogen-bond donors (Lipinski definition) is 2. The minimum Gasteiger partial charge on any atom is -0.507 e. The maximum Gasteiger partial charge on any atom is 0.123 e. The quantitative estimate of drug-likeness (QED) is 0.865. The third kappa shape index (κ3) is 3.45. The molecule has 0 spiro atoms. The maximum atomic E-state index is 9.88. The Labute approximate surface area is 113 Å². The van der Waals surface area contributed by atoms with Gasteiger partial charge in [-0.15, -0.1) is 0 Å². The number of rotatable bonds is 5. The number of ether oxygens (including phenoxy) is 1. The number of methoxy groups -OCH3 is 1. The molecule has 0 fully saturated rings. The lowest BCUT2D eigenvalue weighted by Crippen LogP contribution is -2.18. The summed E-state index contributed by atoms with van der Waals surface area (Å²) in [4.78, 5) is 4.00. The molecule has 2 N–H and O–H groups in total. The van der Waals surface area contributed by atoms with Gasteiger partial charge in [-0.05, 0) is 30.7 Å². The van der Waals surface area contributed by atoms with Crippen molar-refractivity contribution in [3.8, 4) is 11.5 Å². The minimum atomic E-state index is 0.199. The number of aromatic hydroxyl groups is 1. The molecule has 0 aliphatic carbocycles. The maximum absolute atomic E-state index is 9.88. The van der Waals surface area contributed by atoms with E-state index in [1.807, 2.05) is 24.3 Å². The smallest absolute Gasteiger partial charge is 0.123 e. The number of benzene rings is 1. The predicted molar refractivity (Wildman–Crippen MR) is 74.2 cm³/mol. The Bertz CT molecular complexity index is 529. The summed E-state index contributed by atoms with van der Waals surface area (Å²) < 4.78 is 5.06. The van der Waals surface area contributed by atoms with E-state index in [1.54, 1.807) is 25.6 Å². The van der Waals surface area contributed by atoms with E-state index in [-0.39, 0.29) is 11.8 Å². The molecule has 0 saturated heterocycles. The summed E-state index contributed by atoms with van der Waals surface area (Å²) in [7, 11) is 1.58. The van der Waals surface area contributed by atoms with Gasteiger partial charge < -0.3 is 15.2 Å². The highest BCUT2D eigenvalue weighted by atomic mass is 16.5. The van der Waals surface area contributed by atoms with Crippen molar-refractivity contribution in [2.24, 2.45) is 0 Å². The normalized spacial score (nSPS) is 12.1. The van der Waals surface area contributed by atoms with Crippen LogP contribution < -0.4 is 10.1 Å². The Kier molecular flexibility index (Phi) is 4.36. The molecule has 0 bridgehead atoms. The molecule has 0 unspecified atom stereocenters. The molecule has 0 radical (unpaired) electrons. The molecule has 2 aromatic rings. The molecule has 4 nitrogen and oxygen atoms in total. The van der Waals surface area contributed by atoms with E-state index in [1.165, 1.54) is 5.56 Å². The highest BCUT2D eigenvalue weighted by Crippen LogP contribution is 2.23. The van der Waals surface area contributed by atoms with Gasteiger partial charge in [0.05, 0.1) is 7.11 Å². The molecule has 2 rings (SSSR count). The Morgan fingerprint density at radius 1 is 1.26 bits per heavy atom. The zero-order valence-corrected chi connectivity index (χ0v) is 11.1. The minimum absolute atomic E-state index is 0.199. The van der Waals surface area contributed by atoms with Gasteiger partial charge in [-0.2, -0.15) is 0 Å². The Morgan fingerprint density at radius 3 is 2.63 bits per heavy atom. The Balaban J connectivity index is 1.99. The van der Waals surface area contributed by atoms with Crippen LogP contribution in [0.4, 0.5) is 0 Å². The molecule has 4 heteroatoms. The first-order valence-corrected chi connectivity index (χ1v) is 6.20. The van der Waals surface area contributed by atoms with E-state index in [9.17, 15) is 5.11 Å². The summed E-state index contributed by atoms with van der Waals surface area (Å²) >= 11 is 0. The van der Waals surface area contributed by atoms with Crippen molar-refractivity contribution in [3.63, 3.8) is 0 Å².